The number of nitrogens with one attached hydrogen (secondary N) is 2. The van der Waals surface area contributed by atoms with E-state index in [1.807, 2.05) is 4.68 Å². The molecule has 21 heavy (non-hydrogen) atoms. The number of aryl methyl sites for hydroxylation is 1. The minimum Gasteiger partial charge on any atom is -0.357 e. The number of hydrogen-bond donors (Lipinski definition) is 2. The maximum atomic E-state index is 4.74. The van der Waals surface area contributed by atoms with Crippen LogP contribution in [0.4, 0.5) is 0 Å². The van der Waals surface area contributed by atoms with Gasteiger partial charge in [-0.1, -0.05) is 26.7 Å². The van der Waals surface area contributed by atoms with Gasteiger partial charge in [0, 0.05) is 25.6 Å². The Labute approximate surface area is 127 Å². The van der Waals surface area contributed by atoms with Gasteiger partial charge in [0.05, 0.1) is 6.54 Å². The SMILES string of the molecule is CCNC(=NCC(CC)CC)NC1CCc2ncnn2C1. The molecule has 6 heteroatoms. The summed E-state index contributed by atoms with van der Waals surface area (Å²) in [5, 5.41) is 11.2. The molecule has 2 heterocycles. The second-order valence-corrected chi connectivity index (χ2v) is 5.64. The van der Waals surface area contributed by atoms with E-state index in [0.717, 1.165) is 44.3 Å². The van der Waals surface area contributed by atoms with E-state index in [4.69, 9.17) is 4.99 Å². The van der Waals surface area contributed by atoms with Crippen LogP contribution in [0.1, 0.15) is 45.9 Å². The summed E-state index contributed by atoms with van der Waals surface area (Å²) in [6.07, 6.45) is 6.07. The van der Waals surface area contributed by atoms with E-state index >= 15 is 0 Å². The average molecular weight is 292 g/mol. The van der Waals surface area contributed by atoms with Crippen molar-refractivity contribution in [2.24, 2.45) is 10.9 Å². The van der Waals surface area contributed by atoms with E-state index in [0.29, 0.717) is 12.0 Å². The van der Waals surface area contributed by atoms with Crippen molar-refractivity contribution >= 4 is 5.96 Å². The van der Waals surface area contributed by atoms with Gasteiger partial charge in [-0.3, -0.25) is 4.99 Å². The van der Waals surface area contributed by atoms with Crippen LogP contribution in [0.5, 0.6) is 0 Å². The first-order chi connectivity index (χ1) is 10.3. The Hall–Kier alpha value is -1.59. The molecular formula is C15H28N6. The van der Waals surface area contributed by atoms with E-state index < -0.39 is 0 Å². The van der Waals surface area contributed by atoms with Crippen LogP contribution in [0, 0.1) is 5.92 Å². The monoisotopic (exact) mass is 292 g/mol. The van der Waals surface area contributed by atoms with Crippen molar-refractivity contribution in [3.8, 4) is 0 Å². The minimum atomic E-state index is 0.374. The molecule has 0 spiro atoms. The summed E-state index contributed by atoms with van der Waals surface area (Å²) in [4.78, 5) is 9.01. The number of aliphatic imine (C=N–C) groups is 1. The highest BCUT2D eigenvalue weighted by molar-refractivity contribution is 5.80. The highest BCUT2D eigenvalue weighted by Crippen LogP contribution is 2.11. The normalized spacial score (nSPS) is 18.7. The summed E-state index contributed by atoms with van der Waals surface area (Å²) < 4.78 is 1.99. The van der Waals surface area contributed by atoms with Gasteiger partial charge in [0.2, 0.25) is 0 Å². The molecule has 1 aliphatic rings. The zero-order valence-corrected chi connectivity index (χ0v) is 13.5. The second-order valence-electron chi connectivity index (χ2n) is 5.64. The topological polar surface area (TPSA) is 67.1 Å². The number of guanidine groups is 1. The molecule has 1 atom stereocenters. The molecule has 2 rings (SSSR count). The molecule has 1 aliphatic heterocycles. The summed E-state index contributed by atoms with van der Waals surface area (Å²) in [5.74, 6) is 2.69. The summed E-state index contributed by atoms with van der Waals surface area (Å²) in [7, 11) is 0. The standard InChI is InChI=1S/C15H28N6/c1-4-12(5-2)9-17-15(16-6-3)20-13-7-8-14-18-11-19-21(14)10-13/h11-13H,4-10H2,1-3H3,(H2,16,17,20). The van der Waals surface area contributed by atoms with Crippen molar-refractivity contribution < 1.29 is 0 Å². The quantitative estimate of drug-likeness (QED) is 0.617. The van der Waals surface area contributed by atoms with E-state index in [1.54, 1.807) is 6.33 Å². The molecule has 1 aromatic heterocycles. The van der Waals surface area contributed by atoms with Crippen molar-refractivity contribution in [2.75, 3.05) is 13.1 Å². The second kappa shape index (κ2) is 8.00. The molecule has 0 radical (unpaired) electrons. The summed E-state index contributed by atoms with van der Waals surface area (Å²) >= 11 is 0. The molecule has 118 valence electrons. The highest BCUT2D eigenvalue weighted by Gasteiger charge is 2.20. The van der Waals surface area contributed by atoms with Gasteiger partial charge >= 0.3 is 0 Å². The molecule has 0 aliphatic carbocycles. The first-order valence-electron chi connectivity index (χ1n) is 8.18. The van der Waals surface area contributed by atoms with E-state index in [2.05, 4.69) is 41.5 Å². The lowest BCUT2D eigenvalue weighted by Crippen LogP contribution is -2.47. The number of aromatic nitrogens is 3. The molecule has 0 saturated carbocycles. The Bertz CT molecular complexity index is 449. The molecule has 1 aromatic rings. The Kier molecular flexibility index (Phi) is 6.02. The molecular weight excluding hydrogens is 264 g/mol. The van der Waals surface area contributed by atoms with Gasteiger partial charge < -0.3 is 10.6 Å². The van der Waals surface area contributed by atoms with Gasteiger partial charge in [0.25, 0.3) is 0 Å². The molecule has 0 aromatic carbocycles. The zero-order valence-electron chi connectivity index (χ0n) is 13.5. The van der Waals surface area contributed by atoms with Crippen LogP contribution in [-0.4, -0.2) is 39.9 Å². The third-order valence-electron chi connectivity index (χ3n) is 4.15. The third-order valence-corrected chi connectivity index (χ3v) is 4.15. The number of hydrogen-bond acceptors (Lipinski definition) is 3. The maximum Gasteiger partial charge on any atom is 0.191 e. The number of nitrogens with zero attached hydrogens (tertiary/aromatic N) is 4. The zero-order chi connectivity index (χ0) is 15.1. The van der Waals surface area contributed by atoms with Crippen LogP contribution >= 0.6 is 0 Å². The first-order valence-corrected chi connectivity index (χ1v) is 8.18. The average Bonchev–Trinajstić information content (AvgIpc) is 2.96. The molecule has 1 unspecified atom stereocenters. The molecule has 0 amide bonds. The fraction of sp³-hybridized carbons (Fsp3) is 0.800. The Morgan fingerprint density at radius 3 is 2.95 bits per heavy atom. The van der Waals surface area contributed by atoms with Crippen molar-refractivity contribution in [1.82, 2.24) is 25.4 Å². The molecule has 0 fully saturated rings. The van der Waals surface area contributed by atoms with Gasteiger partial charge in [-0.05, 0) is 19.3 Å². The van der Waals surface area contributed by atoms with Crippen LogP contribution in [0.2, 0.25) is 0 Å². The van der Waals surface area contributed by atoms with Gasteiger partial charge in [-0.25, -0.2) is 9.67 Å². The van der Waals surface area contributed by atoms with Crippen LogP contribution in [0.25, 0.3) is 0 Å². The molecule has 6 nitrogen and oxygen atoms in total. The van der Waals surface area contributed by atoms with Crippen molar-refractivity contribution in [3.63, 3.8) is 0 Å². The number of fused-ring (bicyclic) bond motifs is 1. The Morgan fingerprint density at radius 2 is 2.24 bits per heavy atom. The van der Waals surface area contributed by atoms with Crippen molar-refractivity contribution in [3.05, 3.63) is 12.2 Å². The lowest BCUT2D eigenvalue weighted by Gasteiger charge is -2.25. The van der Waals surface area contributed by atoms with Crippen molar-refractivity contribution in [1.29, 1.82) is 0 Å². The summed E-state index contributed by atoms with van der Waals surface area (Å²) in [5.41, 5.74) is 0. The van der Waals surface area contributed by atoms with E-state index in [-0.39, 0.29) is 0 Å². The van der Waals surface area contributed by atoms with Crippen LogP contribution in [-0.2, 0) is 13.0 Å². The molecule has 0 bridgehead atoms. The Balaban J connectivity index is 1.92. The first kappa shape index (κ1) is 15.8. The van der Waals surface area contributed by atoms with Gasteiger partial charge in [-0.2, -0.15) is 5.10 Å². The summed E-state index contributed by atoms with van der Waals surface area (Å²) in [6, 6.07) is 0.374. The molecule has 0 saturated heterocycles. The third kappa shape index (κ3) is 4.44. The van der Waals surface area contributed by atoms with Crippen LogP contribution in [0.3, 0.4) is 0 Å². The fourth-order valence-corrected chi connectivity index (χ4v) is 2.64. The van der Waals surface area contributed by atoms with Gasteiger partial charge in [0.1, 0.15) is 12.2 Å². The predicted molar refractivity (Wildman–Crippen MR) is 85.3 cm³/mol. The highest BCUT2D eigenvalue weighted by atomic mass is 15.4. The fourth-order valence-electron chi connectivity index (χ4n) is 2.64. The molecule has 2 N–H and O–H groups in total. The predicted octanol–water partition coefficient (Wildman–Crippen LogP) is 1.58. The van der Waals surface area contributed by atoms with Crippen LogP contribution < -0.4 is 10.6 Å². The van der Waals surface area contributed by atoms with E-state index in [1.165, 1.54) is 12.8 Å². The number of rotatable bonds is 6. The maximum absolute atomic E-state index is 4.74. The Morgan fingerprint density at radius 1 is 1.43 bits per heavy atom. The van der Waals surface area contributed by atoms with Gasteiger partial charge in [-0.15, -0.1) is 0 Å². The van der Waals surface area contributed by atoms with Gasteiger partial charge in [0.15, 0.2) is 5.96 Å². The van der Waals surface area contributed by atoms with E-state index in [9.17, 15) is 0 Å². The summed E-state index contributed by atoms with van der Waals surface area (Å²) in [6.45, 7) is 9.21. The lowest BCUT2D eigenvalue weighted by atomic mass is 10.0. The smallest absolute Gasteiger partial charge is 0.191 e. The minimum absolute atomic E-state index is 0.374. The van der Waals surface area contributed by atoms with Crippen molar-refractivity contribution in [2.45, 2.75) is 59.0 Å². The van der Waals surface area contributed by atoms with Crippen LogP contribution in [0.15, 0.2) is 11.3 Å². The lowest BCUT2D eigenvalue weighted by molar-refractivity contribution is 0.392. The largest absolute Gasteiger partial charge is 0.357 e.